The van der Waals surface area contributed by atoms with E-state index in [4.69, 9.17) is 4.74 Å². The maximum absolute atomic E-state index is 6.40. The smallest absolute Gasteiger partial charge is 0.0708 e. The van der Waals surface area contributed by atoms with Crippen molar-refractivity contribution < 1.29 is 4.74 Å². The van der Waals surface area contributed by atoms with Crippen molar-refractivity contribution >= 4 is 0 Å². The van der Waals surface area contributed by atoms with Crippen LogP contribution in [0.15, 0.2) is 24.3 Å². The molecule has 1 aromatic rings. The number of nitrogens with one attached hydrogen (secondary N) is 1. The Morgan fingerprint density at radius 3 is 2.48 bits per heavy atom. The fourth-order valence-corrected chi connectivity index (χ4v) is 3.87. The average molecular weight is 287 g/mol. The number of hydrogen-bond acceptors (Lipinski definition) is 2. The summed E-state index contributed by atoms with van der Waals surface area (Å²) in [5.74, 6) is 0. The third-order valence-electron chi connectivity index (χ3n) is 5.24. The minimum absolute atomic E-state index is 0.257. The molecule has 1 atom stereocenters. The van der Waals surface area contributed by atoms with E-state index in [1.807, 2.05) is 0 Å². The minimum atomic E-state index is 0.257. The van der Waals surface area contributed by atoms with Gasteiger partial charge < -0.3 is 10.1 Å². The molecule has 1 spiro atoms. The Labute approximate surface area is 129 Å². The van der Waals surface area contributed by atoms with Crippen molar-refractivity contribution in [1.29, 1.82) is 0 Å². The Bertz CT molecular complexity index is 433. The van der Waals surface area contributed by atoms with Crippen molar-refractivity contribution in [3.05, 3.63) is 35.4 Å². The summed E-state index contributed by atoms with van der Waals surface area (Å²) in [6.07, 6.45) is 10.8. The van der Waals surface area contributed by atoms with E-state index in [-0.39, 0.29) is 5.60 Å². The molecule has 3 rings (SSSR count). The first-order valence-electron chi connectivity index (χ1n) is 8.76. The van der Waals surface area contributed by atoms with Crippen LogP contribution >= 0.6 is 0 Å². The molecule has 2 fully saturated rings. The highest BCUT2D eigenvalue weighted by Crippen LogP contribution is 2.41. The molecule has 21 heavy (non-hydrogen) atoms. The van der Waals surface area contributed by atoms with Crippen molar-refractivity contribution in [2.45, 2.75) is 76.5 Å². The van der Waals surface area contributed by atoms with Crippen LogP contribution in [-0.2, 0) is 17.7 Å². The van der Waals surface area contributed by atoms with Crippen LogP contribution in [-0.4, -0.2) is 18.2 Å². The number of ether oxygens (including phenoxy) is 1. The quantitative estimate of drug-likeness (QED) is 0.875. The molecule has 1 heterocycles. The molecule has 1 aliphatic carbocycles. The van der Waals surface area contributed by atoms with Gasteiger partial charge in [0.05, 0.1) is 11.7 Å². The van der Waals surface area contributed by atoms with Crippen LogP contribution in [0.5, 0.6) is 0 Å². The summed E-state index contributed by atoms with van der Waals surface area (Å²) in [4.78, 5) is 0. The predicted octanol–water partition coefficient (Wildman–Crippen LogP) is 4.22. The lowest BCUT2D eigenvalue weighted by Gasteiger charge is -2.33. The number of rotatable bonds is 5. The van der Waals surface area contributed by atoms with Crippen LogP contribution in [0.25, 0.3) is 0 Å². The Morgan fingerprint density at radius 2 is 1.76 bits per heavy atom. The maximum Gasteiger partial charge on any atom is 0.0708 e. The molecular weight excluding hydrogens is 258 g/mol. The number of benzene rings is 1. The first-order valence-corrected chi connectivity index (χ1v) is 8.76. The van der Waals surface area contributed by atoms with E-state index in [9.17, 15) is 0 Å². The van der Waals surface area contributed by atoms with Gasteiger partial charge >= 0.3 is 0 Å². The summed E-state index contributed by atoms with van der Waals surface area (Å²) >= 11 is 0. The van der Waals surface area contributed by atoms with Gasteiger partial charge in [0.15, 0.2) is 0 Å². The maximum atomic E-state index is 6.40. The Hall–Kier alpha value is -0.860. The van der Waals surface area contributed by atoms with Crippen molar-refractivity contribution in [2.24, 2.45) is 0 Å². The van der Waals surface area contributed by atoms with Gasteiger partial charge in [0, 0.05) is 13.1 Å². The third kappa shape index (κ3) is 3.87. The summed E-state index contributed by atoms with van der Waals surface area (Å²) in [7, 11) is 0. The molecule has 116 valence electrons. The lowest BCUT2D eigenvalue weighted by Crippen LogP contribution is -2.34. The highest BCUT2D eigenvalue weighted by atomic mass is 16.5. The lowest BCUT2D eigenvalue weighted by atomic mass is 9.83. The zero-order valence-electron chi connectivity index (χ0n) is 13.4. The van der Waals surface area contributed by atoms with Gasteiger partial charge in [-0.15, -0.1) is 0 Å². The summed E-state index contributed by atoms with van der Waals surface area (Å²) in [5.41, 5.74) is 3.04. The largest absolute Gasteiger partial charge is 0.370 e. The summed E-state index contributed by atoms with van der Waals surface area (Å²) in [6.45, 7) is 4.15. The molecule has 2 aliphatic rings. The van der Waals surface area contributed by atoms with Gasteiger partial charge in [-0.25, -0.2) is 0 Å². The van der Waals surface area contributed by atoms with Crippen molar-refractivity contribution in [1.82, 2.24) is 5.32 Å². The first-order chi connectivity index (χ1) is 10.3. The van der Waals surface area contributed by atoms with E-state index >= 15 is 0 Å². The van der Waals surface area contributed by atoms with Crippen LogP contribution in [0.3, 0.4) is 0 Å². The molecule has 1 N–H and O–H groups in total. The molecule has 0 radical (unpaired) electrons. The van der Waals surface area contributed by atoms with Gasteiger partial charge in [-0.2, -0.15) is 0 Å². The minimum Gasteiger partial charge on any atom is -0.370 e. The van der Waals surface area contributed by atoms with Gasteiger partial charge in [-0.3, -0.25) is 0 Å². The van der Waals surface area contributed by atoms with E-state index < -0.39 is 0 Å². The molecule has 0 aromatic heterocycles. The van der Waals surface area contributed by atoms with E-state index in [0.717, 1.165) is 19.5 Å². The fraction of sp³-hybridized carbons (Fsp3) is 0.684. The van der Waals surface area contributed by atoms with E-state index in [2.05, 4.69) is 36.5 Å². The zero-order chi connectivity index (χ0) is 14.5. The highest BCUT2D eigenvalue weighted by Gasteiger charge is 2.40. The van der Waals surface area contributed by atoms with Crippen molar-refractivity contribution in [3.63, 3.8) is 0 Å². The van der Waals surface area contributed by atoms with Gasteiger partial charge in [-0.05, 0) is 43.2 Å². The molecular formula is C19H29NO. The zero-order valence-corrected chi connectivity index (χ0v) is 13.4. The van der Waals surface area contributed by atoms with Gasteiger partial charge in [0.25, 0.3) is 0 Å². The van der Waals surface area contributed by atoms with Crippen LogP contribution in [0.4, 0.5) is 0 Å². The van der Waals surface area contributed by atoms with E-state index in [0.29, 0.717) is 6.10 Å². The van der Waals surface area contributed by atoms with Crippen LogP contribution in [0.2, 0.25) is 0 Å². The van der Waals surface area contributed by atoms with Crippen molar-refractivity contribution in [2.75, 3.05) is 6.54 Å². The SMILES string of the molecule is CCc1ccc(CNCC2CCC3(CCCCC3)O2)cc1. The van der Waals surface area contributed by atoms with Gasteiger partial charge in [-0.1, -0.05) is 50.5 Å². The fourth-order valence-electron chi connectivity index (χ4n) is 3.87. The molecule has 1 saturated carbocycles. The monoisotopic (exact) mass is 287 g/mol. The normalized spacial score (nSPS) is 24.5. The molecule has 0 amide bonds. The summed E-state index contributed by atoms with van der Waals surface area (Å²) in [6, 6.07) is 8.95. The third-order valence-corrected chi connectivity index (χ3v) is 5.24. The van der Waals surface area contributed by atoms with Crippen LogP contribution in [0.1, 0.15) is 63.0 Å². The molecule has 1 aromatic carbocycles. The number of aryl methyl sites for hydroxylation is 1. The summed E-state index contributed by atoms with van der Waals surface area (Å²) < 4.78 is 6.40. The lowest BCUT2D eigenvalue weighted by molar-refractivity contribution is -0.0624. The Balaban J connectivity index is 1.41. The second-order valence-electron chi connectivity index (χ2n) is 6.82. The van der Waals surface area contributed by atoms with Crippen molar-refractivity contribution in [3.8, 4) is 0 Å². The van der Waals surface area contributed by atoms with E-state index in [1.165, 1.54) is 56.1 Å². The second kappa shape index (κ2) is 6.93. The predicted molar refractivity (Wildman–Crippen MR) is 87.4 cm³/mol. The Morgan fingerprint density at radius 1 is 1.05 bits per heavy atom. The molecule has 1 aliphatic heterocycles. The van der Waals surface area contributed by atoms with Gasteiger partial charge in [0.1, 0.15) is 0 Å². The molecule has 1 saturated heterocycles. The second-order valence-corrected chi connectivity index (χ2v) is 6.82. The van der Waals surface area contributed by atoms with E-state index in [1.54, 1.807) is 0 Å². The van der Waals surface area contributed by atoms with Crippen LogP contribution in [0, 0.1) is 0 Å². The summed E-state index contributed by atoms with van der Waals surface area (Å²) in [5, 5.41) is 3.58. The molecule has 2 heteroatoms. The standard InChI is InChI=1S/C19H29NO/c1-2-16-6-8-17(9-7-16)14-20-15-18-10-13-19(21-18)11-4-3-5-12-19/h6-9,18,20H,2-5,10-15H2,1H3. The molecule has 0 bridgehead atoms. The van der Waals surface area contributed by atoms with Gasteiger partial charge in [0.2, 0.25) is 0 Å². The molecule has 1 unspecified atom stereocenters. The first kappa shape index (κ1) is 15.1. The number of hydrogen-bond donors (Lipinski definition) is 1. The topological polar surface area (TPSA) is 21.3 Å². The van der Waals surface area contributed by atoms with Crippen LogP contribution < -0.4 is 5.32 Å². The Kier molecular flexibility index (Phi) is 4.97. The average Bonchev–Trinajstić information content (AvgIpc) is 2.91. The molecule has 2 nitrogen and oxygen atoms in total. The highest BCUT2D eigenvalue weighted by molar-refractivity contribution is 5.22.